The van der Waals surface area contributed by atoms with E-state index >= 15 is 0 Å². The number of hydrogen-bond donors (Lipinski definition) is 2. The molecule has 2 heterocycles. The molecule has 8 heteroatoms. The van der Waals surface area contributed by atoms with Crippen LogP contribution < -0.4 is 11.1 Å². The number of hydrogen-bond acceptors (Lipinski definition) is 6. The molecule has 148 valence electrons. The quantitative estimate of drug-likeness (QED) is 0.751. The van der Waals surface area contributed by atoms with Crippen molar-refractivity contribution in [3.63, 3.8) is 0 Å². The van der Waals surface area contributed by atoms with Crippen molar-refractivity contribution in [1.29, 1.82) is 0 Å². The number of thiophene rings is 1. The molecule has 28 heavy (non-hydrogen) atoms. The summed E-state index contributed by atoms with van der Waals surface area (Å²) in [5.41, 5.74) is 8.86. The van der Waals surface area contributed by atoms with Crippen LogP contribution in [0.3, 0.4) is 0 Å². The number of nitrogens with one attached hydrogen (secondary N) is 1. The molecular weight excluding hydrogens is 376 g/mol. The summed E-state index contributed by atoms with van der Waals surface area (Å²) in [4.78, 5) is 30.4. The summed E-state index contributed by atoms with van der Waals surface area (Å²) in [5, 5.41) is 3.55. The maximum Gasteiger partial charge on any atom is 0.409 e. The smallest absolute Gasteiger partial charge is 0.409 e. The maximum absolute atomic E-state index is 12.2. The van der Waals surface area contributed by atoms with Gasteiger partial charge in [-0.15, -0.1) is 11.3 Å². The van der Waals surface area contributed by atoms with Crippen LogP contribution in [0.15, 0.2) is 30.6 Å². The summed E-state index contributed by atoms with van der Waals surface area (Å²) < 4.78 is 5.31. The van der Waals surface area contributed by atoms with Crippen molar-refractivity contribution in [1.82, 2.24) is 9.88 Å². The zero-order valence-electron chi connectivity index (χ0n) is 16.0. The van der Waals surface area contributed by atoms with Gasteiger partial charge in [0.1, 0.15) is 5.00 Å². The summed E-state index contributed by atoms with van der Waals surface area (Å²) in [6.45, 7) is 0.393. The van der Waals surface area contributed by atoms with Gasteiger partial charge < -0.3 is 20.7 Å². The van der Waals surface area contributed by atoms with Gasteiger partial charge in [-0.25, -0.2) is 4.79 Å². The normalized spacial score (nSPS) is 15.9. The Morgan fingerprint density at radius 1 is 1.46 bits per heavy atom. The molecule has 2 aromatic heterocycles. The van der Waals surface area contributed by atoms with E-state index in [2.05, 4.69) is 10.3 Å². The first-order valence-electron chi connectivity index (χ1n) is 9.07. The fourth-order valence-corrected chi connectivity index (χ4v) is 4.32. The molecule has 0 fully saturated rings. The molecule has 3 rings (SSSR count). The van der Waals surface area contributed by atoms with E-state index < -0.39 is 0 Å². The average molecular weight is 401 g/mol. The van der Waals surface area contributed by atoms with E-state index in [4.69, 9.17) is 10.5 Å². The van der Waals surface area contributed by atoms with Gasteiger partial charge in [0.2, 0.25) is 5.91 Å². The number of aromatic nitrogens is 1. The highest BCUT2D eigenvalue weighted by atomic mass is 32.1. The van der Waals surface area contributed by atoms with Crippen LogP contribution in [0, 0.1) is 5.92 Å². The zero-order chi connectivity index (χ0) is 20.1. The van der Waals surface area contributed by atoms with Gasteiger partial charge in [0.15, 0.2) is 0 Å². The van der Waals surface area contributed by atoms with Crippen molar-refractivity contribution >= 4 is 40.1 Å². The Hall–Kier alpha value is -2.87. The van der Waals surface area contributed by atoms with Crippen molar-refractivity contribution in [2.75, 3.05) is 31.8 Å². The lowest BCUT2D eigenvalue weighted by atomic mass is 9.89. The monoisotopic (exact) mass is 400 g/mol. The Morgan fingerprint density at radius 3 is 3.00 bits per heavy atom. The SMILES string of the molecule is CN(C)C(=O)OC[C@H]1CCc2c(sc(NC(=O)/C=C/c3cccnc3)c2N)C1. The van der Waals surface area contributed by atoms with E-state index in [1.54, 1.807) is 32.6 Å². The standard InChI is InChI=1S/C20H24N4O3S/c1-24(2)20(26)27-12-14-5-7-15-16(10-14)28-19(18(15)21)23-17(25)8-6-13-4-3-9-22-11-13/h3-4,6,8-9,11,14H,5,7,10,12,21H2,1-2H3,(H,23,25)/b8-6+/t14-/m0/s1. The van der Waals surface area contributed by atoms with E-state index in [-0.39, 0.29) is 17.9 Å². The van der Waals surface area contributed by atoms with Crippen LogP contribution in [0.1, 0.15) is 22.4 Å². The maximum atomic E-state index is 12.2. The second kappa shape index (κ2) is 8.88. The molecule has 0 saturated carbocycles. The molecule has 0 aliphatic heterocycles. The van der Waals surface area contributed by atoms with Gasteiger partial charge in [-0.05, 0) is 48.4 Å². The van der Waals surface area contributed by atoms with Gasteiger partial charge in [-0.2, -0.15) is 0 Å². The van der Waals surface area contributed by atoms with Crippen molar-refractivity contribution in [2.45, 2.75) is 19.3 Å². The first kappa shape index (κ1) is 19.9. The molecule has 0 bridgehead atoms. The van der Waals surface area contributed by atoms with Crippen LogP contribution in [0.25, 0.3) is 6.08 Å². The van der Waals surface area contributed by atoms with E-state index in [9.17, 15) is 9.59 Å². The Kier molecular flexibility index (Phi) is 6.30. The van der Waals surface area contributed by atoms with Gasteiger partial charge >= 0.3 is 6.09 Å². The highest BCUT2D eigenvalue weighted by Crippen LogP contribution is 2.41. The largest absolute Gasteiger partial charge is 0.449 e. The van der Waals surface area contributed by atoms with Gasteiger partial charge in [-0.3, -0.25) is 9.78 Å². The Balaban J connectivity index is 1.60. The summed E-state index contributed by atoms with van der Waals surface area (Å²) >= 11 is 1.50. The molecule has 2 aromatic rings. The fraction of sp³-hybridized carbons (Fsp3) is 0.350. The summed E-state index contributed by atoms with van der Waals surface area (Å²) in [6.07, 6.45) is 8.75. The number of anilines is 2. The molecule has 0 aromatic carbocycles. The molecule has 1 aliphatic rings. The fourth-order valence-electron chi connectivity index (χ4n) is 3.03. The number of nitrogens with zero attached hydrogens (tertiary/aromatic N) is 2. The lowest BCUT2D eigenvalue weighted by molar-refractivity contribution is -0.111. The third-order valence-electron chi connectivity index (χ3n) is 4.56. The Bertz CT molecular complexity index is 877. The van der Waals surface area contributed by atoms with Crippen LogP contribution in [0.2, 0.25) is 0 Å². The van der Waals surface area contributed by atoms with E-state index in [0.717, 1.165) is 35.3 Å². The average Bonchev–Trinajstić information content (AvgIpc) is 3.00. The number of carbonyl (C=O) groups is 2. The van der Waals surface area contributed by atoms with Gasteiger partial charge in [0.05, 0.1) is 12.3 Å². The molecule has 0 spiro atoms. The van der Waals surface area contributed by atoms with Gasteiger partial charge in [0, 0.05) is 37.4 Å². The lowest BCUT2D eigenvalue weighted by Crippen LogP contribution is -2.27. The third kappa shape index (κ3) is 4.89. The topological polar surface area (TPSA) is 97.5 Å². The van der Waals surface area contributed by atoms with Crippen molar-refractivity contribution in [3.8, 4) is 0 Å². The predicted octanol–water partition coefficient (Wildman–Crippen LogP) is 3.18. The van der Waals surface area contributed by atoms with Crippen LogP contribution in [0.5, 0.6) is 0 Å². The van der Waals surface area contributed by atoms with Crippen molar-refractivity contribution in [2.24, 2.45) is 5.92 Å². The molecule has 0 radical (unpaired) electrons. The number of nitrogen functional groups attached to an aromatic ring is 1. The number of fused-ring (bicyclic) bond motifs is 1. The first-order chi connectivity index (χ1) is 13.4. The molecule has 3 N–H and O–H groups in total. The van der Waals surface area contributed by atoms with E-state index in [1.165, 1.54) is 22.3 Å². The van der Waals surface area contributed by atoms with Crippen LogP contribution >= 0.6 is 11.3 Å². The number of ether oxygens (including phenoxy) is 1. The van der Waals surface area contributed by atoms with E-state index in [1.807, 2.05) is 12.1 Å². The third-order valence-corrected chi connectivity index (χ3v) is 5.75. The molecule has 0 saturated heterocycles. The summed E-state index contributed by atoms with van der Waals surface area (Å²) in [6, 6.07) is 3.69. The minimum atomic E-state index is -0.329. The van der Waals surface area contributed by atoms with Crippen molar-refractivity contribution < 1.29 is 14.3 Å². The highest BCUT2D eigenvalue weighted by Gasteiger charge is 2.26. The molecule has 2 amide bonds. The molecular formula is C20H24N4O3S. The lowest BCUT2D eigenvalue weighted by Gasteiger charge is -2.22. The van der Waals surface area contributed by atoms with Crippen LogP contribution in [-0.2, 0) is 22.4 Å². The second-order valence-corrected chi connectivity index (χ2v) is 8.04. The molecule has 1 aliphatic carbocycles. The minimum absolute atomic E-state index is 0.231. The van der Waals surface area contributed by atoms with Crippen LogP contribution in [-0.4, -0.2) is 42.6 Å². The highest BCUT2D eigenvalue weighted by molar-refractivity contribution is 7.17. The molecule has 0 unspecified atom stereocenters. The number of rotatable bonds is 5. The zero-order valence-corrected chi connectivity index (χ0v) is 16.8. The minimum Gasteiger partial charge on any atom is -0.449 e. The number of amides is 2. The number of nitrogens with two attached hydrogens (primary N) is 1. The number of carbonyl (C=O) groups excluding carboxylic acids is 2. The molecule has 1 atom stereocenters. The second-order valence-electron chi connectivity index (χ2n) is 6.94. The summed E-state index contributed by atoms with van der Waals surface area (Å²) in [5.74, 6) is 0.0362. The van der Waals surface area contributed by atoms with Gasteiger partial charge in [-0.1, -0.05) is 6.07 Å². The molecule has 7 nitrogen and oxygen atoms in total. The van der Waals surface area contributed by atoms with Crippen molar-refractivity contribution in [3.05, 3.63) is 46.6 Å². The summed E-state index contributed by atoms with van der Waals surface area (Å²) in [7, 11) is 3.33. The first-order valence-corrected chi connectivity index (χ1v) is 9.89. The van der Waals surface area contributed by atoms with Gasteiger partial charge in [0.25, 0.3) is 0 Å². The van der Waals surface area contributed by atoms with Crippen LogP contribution in [0.4, 0.5) is 15.5 Å². The Morgan fingerprint density at radius 2 is 2.29 bits per heavy atom. The Labute approximate surface area is 168 Å². The predicted molar refractivity (Wildman–Crippen MR) is 111 cm³/mol. The number of pyridine rings is 1. The van der Waals surface area contributed by atoms with E-state index in [0.29, 0.717) is 17.3 Å².